The summed E-state index contributed by atoms with van der Waals surface area (Å²) >= 11 is 13.6. The maximum absolute atomic E-state index is 6.14. The van der Waals surface area contributed by atoms with Crippen LogP contribution < -0.4 is 5.73 Å². The van der Waals surface area contributed by atoms with Crippen LogP contribution in [0.4, 0.5) is 5.82 Å². The van der Waals surface area contributed by atoms with Crippen molar-refractivity contribution in [2.75, 3.05) is 5.73 Å². The average Bonchev–Trinajstić information content (AvgIpc) is 2.30. The van der Waals surface area contributed by atoms with E-state index in [0.717, 1.165) is 11.3 Å². The first-order valence-corrected chi connectivity index (χ1v) is 6.83. The number of aryl methyl sites for hydroxylation is 1. The molecule has 2 N–H and O–H groups in total. The Bertz CT molecular complexity index is 554. The molecule has 4 nitrogen and oxygen atoms in total. The molecule has 0 radical (unpaired) electrons. The third-order valence-electron chi connectivity index (χ3n) is 2.19. The predicted octanol–water partition coefficient (Wildman–Crippen LogP) is 3.36. The first-order chi connectivity index (χ1) is 8.58. The fourth-order valence-electron chi connectivity index (χ4n) is 1.34. The molecule has 0 saturated heterocycles. The quantitative estimate of drug-likeness (QED) is 0.695. The second kappa shape index (κ2) is 5.73. The van der Waals surface area contributed by atoms with E-state index in [4.69, 9.17) is 28.9 Å². The van der Waals surface area contributed by atoms with Crippen LogP contribution in [0, 0.1) is 6.92 Å². The largest absolute Gasteiger partial charge is 0.381 e. The van der Waals surface area contributed by atoms with Crippen LogP contribution in [0.1, 0.15) is 11.3 Å². The van der Waals surface area contributed by atoms with Crippen LogP contribution in [0.3, 0.4) is 0 Å². The van der Waals surface area contributed by atoms with Gasteiger partial charge in [0.05, 0.1) is 0 Å². The van der Waals surface area contributed by atoms with Crippen LogP contribution in [0.5, 0.6) is 0 Å². The van der Waals surface area contributed by atoms with Crippen LogP contribution in [-0.2, 0) is 5.75 Å². The van der Waals surface area contributed by atoms with Crippen LogP contribution in [-0.4, -0.2) is 15.0 Å². The van der Waals surface area contributed by atoms with E-state index in [1.807, 2.05) is 6.92 Å². The van der Waals surface area contributed by atoms with E-state index >= 15 is 0 Å². The zero-order valence-electron chi connectivity index (χ0n) is 9.52. The molecular formula is C11H10Cl2N4S. The van der Waals surface area contributed by atoms with Crippen LogP contribution in [0.25, 0.3) is 0 Å². The van der Waals surface area contributed by atoms with Crippen LogP contribution >= 0.6 is 35.0 Å². The summed E-state index contributed by atoms with van der Waals surface area (Å²) in [6.07, 6.45) is 3.14. The normalized spacial score (nSPS) is 10.6. The lowest BCUT2D eigenvalue weighted by molar-refractivity contribution is 1.07. The van der Waals surface area contributed by atoms with Crippen molar-refractivity contribution in [3.8, 4) is 0 Å². The van der Waals surface area contributed by atoms with Crippen molar-refractivity contribution in [2.45, 2.75) is 17.7 Å². The van der Waals surface area contributed by atoms with Crippen molar-refractivity contribution in [1.82, 2.24) is 15.0 Å². The number of nitrogens with two attached hydrogens (primary N) is 1. The fraction of sp³-hybridized carbons (Fsp3) is 0.182. The zero-order chi connectivity index (χ0) is 13.1. The Balaban J connectivity index is 2.19. The Labute approximate surface area is 119 Å². The highest BCUT2D eigenvalue weighted by molar-refractivity contribution is 7.98. The SMILES string of the molecule is Cc1cc(Cl)c(CSc2nccnc2N)c(Cl)n1. The monoisotopic (exact) mass is 300 g/mol. The van der Waals surface area contributed by atoms with Gasteiger partial charge < -0.3 is 5.73 Å². The molecule has 0 unspecified atom stereocenters. The number of nitrogen functional groups attached to an aromatic ring is 1. The third-order valence-corrected chi connectivity index (χ3v) is 3.86. The number of pyridine rings is 1. The minimum Gasteiger partial charge on any atom is -0.381 e. The molecule has 18 heavy (non-hydrogen) atoms. The first-order valence-electron chi connectivity index (χ1n) is 5.08. The van der Waals surface area contributed by atoms with Crippen molar-refractivity contribution >= 4 is 40.8 Å². The molecule has 0 saturated carbocycles. The number of hydrogen-bond donors (Lipinski definition) is 1. The highest BCUT2D eigenvalue weighted by Gasteiger charge is 2.10. The summed E-state index contributed by atoms with van der Waals surface area (Å²) in [7, 11) is 0. The molecule has 2 rings (SSSR count). The smallest absolute Gasteiger partial charge is 0.156 e. The molecule has 0 spiro atoms. The van der Waals surface area contributed by atoms with Crippen molar-refractivity contribution in [2.24, 2.45) is 0 Å². The van der Waals surface area contributed by atoms with E-state index < -0.39 is 0 Å². The van der Waals surface area contributed by atoms with Crippen LogP contribution in [0.15, 0.2) is 23.5 Å². The number of aromatic nitrogens is 3. The average molecular weight is 301 g/mol. The van der Waals surface area contributed by atoms with E-state index in [-0.39, 0.29) is 0 Å². The van der Waals surface area contributed by atoms with Gasteiger partial charge in [0, 0.05) is 34.4 Å². The lowest BCUT2D eigenvalue weighted by Crippen LogP contribution is -1.96. The summed E-state index contributed by atoms with van der Waals surface area (Å²) in [5, 5.41) is 1.67. The highest BCUT2D eigenvalue weighted by atomic mass is 35.5. The molecule has 0 atom stereocenters. The summed E-state index contributed by atoms with van der Waals surface area (Å²) in [5.41, 5.74) is 7.28. The van der Waals surface area contributed by atoms with Gasteiger partial charge in [-0.25, -0.2) is 15.0 Å². The lowest BCUT2D eigenvalue weighted by atomic mass is 10.3. The van der Waals surface area contributed by atoms with E-state index in [9.17, 15) is 0 Å². The van der Waals surface area contributed by atoms with E-state index in [1.54, 1.807) is 18.5 Å². The number of halogens is 2. The molecule has 0 aromatic carbocycles. The Morgan fingerprint density at radius 1 is 1.28 bits per heavy atom. The van der Waals surface area contributed by atoms with Gasteiger partial charge >= 0.3 is 0 Å². The van der Waals surface area contributed by atoms with Crippen molar-refractivity contribution in [1.29, 1.82) is 0 Å². The summed E-state index contributed by atoms with van der Waals surface area (Å²) in [4.78, 5) is 12.3. The van der Waals surface area contributed by atoms with Gasteiger partial charge in [-0.3, -0.25) is 0 Å². The first kappa shape index (κ1) is 13.4. The van der Waals surface area contributed by atoms with Gasteiger partial charge in [-0.2, -0.15) is 0 Å². The van der Waals surface area contributed by atoms with Gasteiger partial charge in [-0.15, -0.1) is 0 Å². The molecule has 0 aliphatic rings. The highest BCUT2D eigenvalue weighted by Crippen LogP contribution is 2.31. The standard InChI is InChI=1S/C11H10Cl2N4S/c1-6-4-8(12)7(9(13)17-6)5-18-11-10(14)15-2-3-16-11/h2-4H,5H2,1H3,(H2,14,15). The molecule has 0 aliphatic heterocycles. The summed E-state index contributed by atoms with van der Waals surface area (Å²) < 4.78 is 0. The van der Waals surface area contributed by atoms with Crippen molar-refractivity contribution in [3.05, 3.63) is 39.9 Å². The lowest BCUT2D eigenvalue weighted by Gasteiger charge is -2.07. The second-order valence-electron chi connectivity index (χ2n) is 3.55. The molecule has 7 heteroatoms. The topological polar surface area (TPSA) is 64.7 Å². The number of nitrogens with zero attached hydrogens (tertiary/aromatic N) is 3. The van der Waals surface area contributed by atoms with Crippen LogP contribution in [0.2, 0.25) is 10.2 Å². The molecule has 2 aromatic heterocycles. The summed E-state index contributed by atoms with van der Waals surface area (Å²) in [6, 6.07) is 1.78. The number of anilines is 1. The van der Waals surface area contributed by atoms with Crippen molar-refractivity contribution in [3.63, 3.8) is 0 Å². The molecule has 2 heterocycles. The number of thioether (sulfide) groups is 1. The Morgan fingerprint density at radius 3 is 2.67 bits per heavy atom. The molecular weight excluding hydrogens is 291 g/mol. The van der Waals surface area contributed by atoms with Gasteiger partial charge in [0.2, 0.25) is 0 Å². The van der Waals surface area contributed by atoms with Crippen molar-refractivity contribution < 1.29 is 0 Å². The van der Waals surface area contributed by atoms with E-state index in [2.05, 4.69) is 15.0 Å². The second-order valence-corrected chi connectivity index (χ2v) is 5.28. The van der Waals surface area contributed by atoms with Gasteiger partial charge in [0.15, 0.2) is 5.82 Å². The maximum Gasteiger partial charge on any atom is 0.156 e. The molecule has 0 aliphatic carbocycles. The molecule has 0 fully saturated rings. The zero-order valence-corrected chi connectivity index (χ0v) is 11.9. The Hall–Kier alpha value is -1.04. The third kappa shape index (κ3) is 3.04. The van der Waals surface area contributed by atoms with Gasteiger partial charge in [-0.05, 0) is 13.0 Å². The molecule has 0 amide bonds. The summed E-state index contributed by atoms with van der Waals surface area (Å²) in [6.45, 7) is 1.84. The summed E-state index contributed by atoms with van der Waals surface area (Å²) in [5.74, 6) is 0.947. The maximum atomic E-state index is 6.14. The number of rotatable bonds is 3. The molecule has 2 aromatic rings. The van der Waals surface area contributed by atoms with E-state index in [0.29, 0.717) is 26.8 Å². The fourth-order valence-corrected chi connectivity index (χ4v) is 3.07. The minimum absolute atomic E-state index is 0.398. The Kier molecular flexibility index (Phi) is 4.27. The van der Waals surface area contributed by atoms with Gasteiger partial charge in [-0.1, -0.05) is 35.0 Å². The number of hydrogen-bond acceptors (Lipinski definition) is 5. The predicted molar refractivity (Wildman–Crippen MR) is 75.0 cm³/mol. The molecule has 94 valence electrons. The van der Waals surface area contributed by atoms with E-state index in [1.165, 1.54) is 11.8 Å². The Morgan fingerprint density at radius 2 is 2.00 bits per heavy atom. The van der Waals surface area contributed by atoms with Gasteiger partial charge in [0.25, 0.3) is 0 Å². The molecule has 0 bridgehead atoms. The minimum atomic E-state index is 0.398. The van der Waals surface area contributed by atoms with Gasteiger partial charge in [0.1, 0.15) is 10.2 Å².